The van der Waals surface area contributed by atoms with Crippen LogP contribution >= 0.6 is 0 Å². The summed E-state index contributed by atoms with van der Waals surface area (Å²) < 4.78 is 0. The van der Waals surface area contributed by atoms with Gasteiger partial charge in [0.15, 0.2) is 0 Å². The number of nitrogens with zero attached hydrogens (tertiary/aromatic N) is 2. The van der Waals surface area contributed by atoms with Crippen LogP contribution in [0, 0.1) is 16.0 Å². The van der Waals surface area contributed by atoms with Gasteiger partial charge in [-0.15, -0.1) is 0 Å². The number of aliphatic carboxylic acids is 1. The zero-order valence-corrected chi connectivity index (χ0v) is 10.7. The number of piperidine rings is 1. The molecule has 1 heterocycles. The molecule has 0 radical (unpaired) electrons. The zero-order valence-electron chi connectivity index (χ0n) is 10.7. The van der Waals surface area contributed by atoms with Crippen molar-refractivity contribution in [3.05, 3.63) is 39.9 Å². The summed E-state index contributed by atoms with van der Waals surface area (Å²) in [5, 5.41) is 19.5. The van der Waals surface area contributed by atoms with Gasteiger partial charge in [0.25, 0.3) is 5.69 Å². The molecule has 1 atom stereocenters. The van der Waals surface area contributed by atoms with E-state index in [1.54, 1.807) is 12.1 Å². The smallest absolute Gasteiger partial charge is 0.308 e. The van der Waals surface area contributed by atoms with Crippen molar-refractivity contribution in [2.45, 2.75) is 19.4 Å². The normalized spacial score (nSPS) is 18.9. The van der Waals surface area contributed by atoms with Crippen molar-refractivity contribution < 1.29 is 19.6 Å². The number of carboxylic acids is 1. The summed E-state index contributed by atoms with van der Waals surface area (Å²) in [5.41, 5.74) is 0.733. The molecule has 0 saturated carbocycles. The predicted octanol–water partition coefficient (Wildman–Crippen LogP) is 1.42. The van der Waals surface area contributed by atoms with E-state index in [-0.39, 0.29) is 31.1 Å². The Balaban J connectivity index is 2.05. The monoisotopic (exact) mass is 278 g/mol. The summed E-state index contributed by atoms with van der Waals surface area (Å²) in [4.78, 5) is 34.3. The fourth-order valence-electron chi connectivity index (χ4n) is 2.21. The van der Waals surface area contributed by atoms with Crippen molar-refractivity contribution in [2.24, 2.45) is 5.92 Å². The first-order valence-electron chi connectivity index (χ1n) is 6.21. The van der Waals surface area contributed by atoms with Crippen LogP contribution in [0.2, 0.25) is 0 Å². The minimum Gasteiger partial charge on any atom is -0.481 e. The lowest BCUT2D eigenvalue weighted by atomic mass is 9.97. The van der Waals surface area contributed by atoms with E-state index in [0.717, 1.165) is 5.56 Å². The molecule has 1 amide bonds. The average molecular weight is 278 g/mol. The Labute approximate surface area is 115 Å². The van der Waals surface area contributed by atoms with Crippen molar-refractivity contribution in [3.8, 4) is 0 Å². The first-order valence-corrected chi connectivity index (χ1v) is 6.21. The molecule has 0 aromatic heterocycles. The molecule has 1 aliphatic rings. The van der Waals surface area contributed by atoms with E-state index in [4.69, 9.17) is 5.11 Å². The molecule has 0 aliphatic carbocycles. The Hall–Kier alpha value is -2.44. The number of carbonyl (C=O) groups is 2. The number of nitro groups is 1. The standard InChI is InChI=1S/C13H14N2O5/c16-12-6-3-10(13(17)18)8-14(12)7-9-1-4-11(5-2-9)15(19)20/h1-2,4-5,10H,3,6-8H2,(H,17,18). The topological polar surface area (TPSA) is 101 Å². The van der Waals surface area contributed by atoms with E-state index in [2.05, 4.69) is 0 Å². The number of hydrogen-bond donors (Lipinski definition) is 1. The van der Waals surface area contributed by atoms with Gasteiger partial charge in [-0.2, -0.15) is 0 Å². The van der Waals surface area contributed by atoms with Crippen molar-refractivity contribution >= 4 is 17.6 Å². The third kappa shape index (κ3) is 3.11. The molecule has 1 fully saturated rings. The first kappa shape index (κ1) is 14.0. The molecule has 1 aromatic rings. The second kappa shape index (κ2) is 5.68. The fourth-order valence-corrected chi connectivity index (χ4v) is 2.21. The quantitative estimate of drug-likeness (QED) is 0.663. The van der Waals surface area contributed by atoms with Crippen LogP contribution in [0.25, 0.3) is 0 Å². The van der Waals surface area contributed by atoms with E-state index in [1.165, 1.54) is 17.0 Å². The minimum atomic E-state index is -0.897. The average Bonchev–Trinajstić information content (AvgIpc) is 2.41. The highest BCUT2D eigenvalue weighted by Crippen LogP contribution is 2.21. The number of hydrogen-bond acceptors (Lipinski definition) is 4. The highest BCUT2D eigenvalue weighted by Gasteiger charge is 2.29. The number of likely N-dealkylation sites (tertiary alicyclic amines) is 1. The molecule has 1 aromatic carbocycles. The molecule has 7 nitrogen and oxygen atoms in total. The Morgan fingerprint density at radius 1 is 1.40 bits per heavy atom. The lowest BCUT2D eigenvalue weighted by molar-refractivity contribution is -0.384. The Morgan fingerprint density at radius 3 is 2.60 bits per heavy atom. The molecule has 1 unspecified atom stereocenters. The Morgan fingerprint density at radius 2 is 2.05 bits per heavy atom. The summed E-state index contributed by atoms with van der Waals surface area (Å²) in [6.45, 7) is 0.464. The van der Waals surface area contributed by atoms with Crippen LogP contribution in [0.4, 0.5) is 5.69 Å². The van der Waals surface area contributed by atoms with Gasteiger partial charge in [-0.3, -0.25) is 19.7 Å². The van der Waals surface area contributed by atoms with Gasteiger partial charge in [0.05, 0.1) is 10.8 Å². The lowest BCUT2D eigenvalue weighted by Gasteiger charge is -2.30. The van der Waals surface area contributed by atoms with Crippen molar-refractivity contribution in [1.82, 2.24) is 4.90 Å². The minimum absolute atomic E-state index is 0.0119. The number of nitro benzene ring substituents is 1. The van der Waals surface area contributed by atoms with Crippen molar-refractivity contribution in [1.29, 1.82) is 0 Å². The molecule has 1 aliphatic heterocycles. The maximum Gasteiger partial charge on any atom is 0.308 e. The van der Waals surface area contributed by atoms with Gasteiger partial charge < -0.3 is 10.0 Å². The highest BCUT2D eigenvalue weighted by atomic mass is 16.6. The molecular weight excluding hydrogens is 264 g/mol. The lowest BCUT2D eigenvalue weighted by Crippen LogP contribution is -2.41. The molecule has 0 spiro atoms. The van der Waals surface area contributed by atoms with Gasteiger partial charge in [-0.05, 0) is 12.0 Å². The molecule has 1 saturated heterocycles. The Kier molecular flexibility index (Phi) is 3.97. The van der Waals surface area contributed by atoms with E-state index in [0.29, 0.717) is 6.42 Å². The Bertz CT molecular complexity index is 540. The van der Waals surface area contributed by atoms with Gasteiger partial charge in [0.1, 0.15) is 0 Å². The first-order chi connectivity index (χ1) is 9.47. The molecule has 0 bridgehead atoms. The molecule has 106 valence electrons. The summed E-state index contributed by atoms with van der Waals surface area (Å²) in [6, 6.07) is 5.91. The summed E-state index contributed by atoms with van der Waals surface area (Å²) in [6.07, 6.45) is 0.592. The SMILES string of the molecule is O=C(O)C1CCC(=O)N(Cc2ccc([N+](=O)[O-])cc2)C1. The van der Waals surface area contributed by atoms with Crippen molar-refractivity contribution in [3.63, 3.8) is 0 Å². The fraction of sp³-hybridized carbons (Fsp3) is 0.385. The third-order valence-electron chi connectivity index (χ3n) is 3.37. The van der Waals surface area contributed by atoms with Gasteiger partial charge in [0.2, 0.25) is 5.91 Å². The number of non-ortho nitro benzene ring substituents is 1. The number of rotatable bonds is 4. The summed E-state index contributed by atoms with van der Waals surface area (Å²) >= 11 is 0. The predicted molar refractivity (Wildman–Crippen MR) is 68.9 cm³/mol. The molecular formula is C13H14N2O5. The van der Waals surface area contributed by atoms with Crippen LogP contribution in [0.15, 0.2) is 24.3 Å². The number of carboxylic acid groups (broad SMARTS) is 1. The maximum absolute atomic E-state index is 11.8. The van der Waals surface area contributed by atoms with Gasteiger partial charge in [-0.1, -0.05) is 12.1 Å². The maximum atomic E-state index is 11.8. The van der Waals surface area contributed by atoms with Gasteiger partial charge in [0, 0.05) is 31.6 Å². The van der Waals surface area contributed by atoms with Crippen LogP contribution in [-0.4, -0.2) is 33.4 Å². The molecule has 2 rings (SSSR count). The molecule has 1 N–H and O–H groups in total. The highest BCUT2D eigenvalue weighted by molar-refractivity contribution is 5.80. The largest absolute Gasteiger partial charge is 0.481 e. The summed E-state index contributed by atoms with van der Waals surface area (Å²) in [5.74, 6) is -1.52. The molecule has 20 heavy (non-hydrogen) atoms. The van der Waals surface area contributed by atoms with Crippen molar-refractivity contribution in [2.75, 3.05) is 6.54 Å². The number of carbonyl (C=O) groups excluding carboxylic acids is 1. The van der Waals surface area contributed by atoms with Crippen LogP contribution in [0.5, 0.6) is 0 Å². The number of benzene rings is 1. The molecule has 7 heteroatoms. The van der Waals surface area contributed by atoms with E-state index in [1.807, 2.05) is 0 Å². The summed E-state index contributed by atoms with van der Waals surface area (Å²) in [7, 11) is 0. The van der Waals surface area contributed by atoms with Crippen LogP contribution < -0.4 is 0 Å². The van der Waals surface area contributed by atoms with Crippen LogP contribution in [-0.2, 0) is 16.1 Å². The second-order valence-corrected chi connectivity index (χ2v) is 4.77. The van der Waals surface area contributed by atoms with Crippen LogP contribution in [0.1, 0.15) is 18.4 Å². The second-order valence-electron chi connectivity index (χ2n) is 4.77. The van der Waals surface area contributed by atoms with Gasteiger partial charge in [-0.25, -0.2) is 0 Å². The van der Waals surface area contributed by atoms with E-state index >= 15 is 0 Å². The number of amides is 1. The van der Waals surface area contributed by atoms with E-state index < -0.39 is 16.8 Å². The van der Waals surface area contributed by atoms with E-state index in [9.17, 15) is 19.7 Å². The van der Waals surface area contributed by atoms with Crippen LogP contribution in [0.3, 0.4) is 0 Å². The van der Waals surface area contributed by atoms with Gasteiger partial charge >= 0.3 is 5.97 Å². The zero-order chi connectivity index (χ0) is 14.7. The third-order valence-corrected chi connectivity index (χ3v) is 3.37.